The van der Waals surface area contributed by atoms with E-state index in [1.807, 2.05) is 18.2 Å². The van der Waals surface area contributed by atoms with E-state index in [0.29, 0.717) is 24.5 Å². The van der Waals surface area contributed by atoms with E-state index in [4.69, 9.17) is 9.47 Å². The van der Waals surface area contributed by atoms with Crippen LogP contribution in [0.2, 0.25) is 0 Å². The van der Waals surface area contributed by atoms with Gasteiger partial charge in [0.15, 0.2) is 0 Å². The average molecular weight is 479 g/mol. The molecule has 1 fully saturated rings. The quantitative estimate of drug-likeness (QED) is 0.183. The molecule has 0 aliphatic carbocycles. The molecule has 0 aromatic heterocycles. The highest BCUT2D eigenvalue weighted by Crippen LogP contribution is 2.42. The molecule has 2 aromatic carbocycles. The molecule has 2 unspecified atom stereocenters. The van der Waals surface area contributed by atoms with Crippen molar-refractivity contribution in [1.29, 1.82) is 0 Å². The van der Waals surface area contributed by atoms with Gasteiger partial charge in [-0.15, -0.1) is 6.58 Å². The molecule has 2 aromatic rings. The third-order valence-electron chi connectivity index (χ3n) is 6.39. The normalized spacial score (nSPS) is 18.6. The van der Waals surface area contributed by atoms with Crippen molar-refractivity contribution in [2.24, 2.45) is 5.92 Å². The molecule has 2 nitrogen and oxygen atoms in total. The summed E-state index contributed by atoms with van der Waals surface area (Å²) < 4.78 is 67.8. The van der Waals surface area contributed by atoms with Crippen molar-refractivity contribution in [2.75, 3.05) is 13.2 Å². The van der Waals surface area contributed by atoms with Gasteiger partial charge in [0.2, 0.25) is 0 Å². The van der Waals surface area contributed by atoms with Crippen LogP contribution in [-0.4, -0.2) is 19.3 Å². The number of halogens is 4. The highest BCUT2D eigenvalue weighted by molar-refractivity contribution is 5.67. The Bertz CT molecular complexity index is 913. The number of benzene rings is 2. The van der Waals surface area contributed by atoms with Crippen LogP contribution >= 0.6 is 0 Å². The zero-order valence-electron chi connectivity index (χ0n) is 19.8. The molecular weight excluding hydrogens is 444 g/mol. The summed E-state index contributed by atoms with van der Waals surface area (Å²) in [7, 11) is 0. The lowest BCUT2D eigenvalue weighted by Crippen LogP contribution is -2.31. The van der Waals surface area contributed by atoms with Gasteiger partial charge in [-0.05, 0) is 67.7 Å². The molecule has 0 saturated carbocycles. The molecule has 0 bridgehead atoms. The standard InChI is InChI=1S/C28H34F4O2/c1-3-5-7-9-20-10-13-22(14-11-20)24-16-17-25(26(27(24)29)28(30,31)32)34-19-23-15-12-21(18-33-23)8-6-4-2/h4,10-11,13-14,16-17,21,23H,2-3,5-9,12,15,18-19H2,1H3. The fraction of sp³-hybridized carbons (Fsp3) is 0.500. The number of aryl methyl sites for hydroxylation is 1. The maximum Gasteiger partial charge on any atom is 0.422 e. The largest absolute Gasteiger partial charge is 0.490 e. The van der Waals surface area contributed by atoms with Crippen LogP contribution in [0.5, 0.6) is 5.75 Å². The summed E-state index contributed by atoms with van der Waals surface area (Å²) in [5.74, 6) is -1.38. The zero-order chi connectivity index (χ0) is 24.6. The lowest BCUT2D eigenvalue weighted by molar-refractivity contribution is -0.141. The number of ether oxygens (including phenoxy) is 2. The second-order valence-electron chi connectivity index (χ2n) is 9.03. The maximum absolute atomic E-state index is 15.2. The van der Waals surface area contributed by atoms with Gasteiger partial charge in [0.1, 0.15) is 23.7 Å². The number of allylic oxidation sites excluding steroid dienone is 1. The fourth-order valence-electron chi connectivity index (χ4n) is 4.35. The van der Waals surface area contributed by atoms with Crippen LogP contribution in [0.4, 0.5) is 17.6 Å². The predicted octanol–water partition coefficient (Wildman–Crippen LogP) is 8.38. The maximum atomic E-state index is 15.2. The number of unbranched alkanes of at least 4 members (excludes halogenated alkanes) is 2. The van der Waals surface area contributed by atoms with Crippen LogP contribution in [0, 0.1) is 11.7 Å². The van der Waals surface area contributed by atoms with Crippen LogP contribution in [0.3, 0.4) is 0 Å². The molecular formula is C28H34F4O2. The zero-order valence-corrected chi connectivity index (χ0v) is 19.8. The third kappa shape index (κ3) is 7.08. The summed E-state index contributed by atoms with van der Waals surface area (Å²) in [5, 5.41) is 0. The van der Waals surface area contributed by atoms with Gasteiger partial charge in [0.05, 0.1) is 6.10 Å². The molecule has 1 heterocycles. The van der Waals surface area contributed by atoms with Gasteiger partial charge in [-0.1, -0.05) is 50.1 Å². The van der Waals surface area contributed by atoms with Gasteiger partial charge in [-0.3, -0.25) is 0 Å². The number of hydrogen-bond acceptors (Lipinski definition) is 2. The second-order valence-corrected chi connectivity index (χ2v) is 9.03. The van der Waals surface area contributed by atoms with Crippen LogP contribution in [0.1, 0.15) is 63.0 Å². The van der Waals surface area contributed by atoms with Crippen LogP contribution in [0.25, 0.3) is 11.1 Å². The average Bonchev–Trinajstić information content (AvgIpc) is 2.82. The van der Waals surface area contributed by atoms with Gasteiger partial charge in [0, 0.05) is 12.2 Å². The fourth-order valence-corrected chi connectivity index (χ4v) is 4.35. The molecule has 0 N–H and O–H groups in total. The Balaban J connectivity index is 1.71. The first-order chi connectivity index (χ1) is 16.3. The van der Waals surface area contributed by atoms with E-state index in [1.165, 1.54) is 12.1 Å². The predicted molar refractivity (Wildman–Crippen MR) is 127 cm³/mol. The summed E-state index contributed by atoms with van der Waals surface area (Å²) >= 11 is 0. The van der Waals surface area contributed by atoms with Gasteiger partial charge < -0.3 is 9.47 Å². The van der Waals surface area contributed by atoms with E-state index in [9.17, 15) is 13.2 Å². The minimum atomic E-state index is -4.88. The lowest BCUT2D eigenvalue weighted by atomic mass is 9.94. The number of rotatable bonds is 11. The van der Waals surface area contributed by atoms with Crippen molar-refractivity contribution in [3.8, 4) is 16.9 Å². The van der Waals surface area contributed by atoms with Gasteiger partial charge in [-0.25, -0.2) is 4.39 Å². The lowest BCUT2D eigenvalue weighted by Gasteiger charge is -2.29. The Morgan fingerprint density at radius 3 is 2.47 bits per heavy atom. The molecule has 1 aliphatic heterocycles. The topological polar surface area (TPSA) is 18.5 Å². The van der Waals surface area contributed by atoms with Crippen molar-refractivity contribution in [3.05, 3.63) is 66.0 Å². The summed E-state index contributed by atoms with van der Waals surface area (Å²) in [6.45, 7) is 6.36. The Morgan fingerprint density at radius 1 is 1.09 bits per heavy atom. The molecule has 34 heavy (non-hydrogen) atoms. The first-order valence-corrected chi connectivity index (χ1v) is 12.2. The van der Waals surface area contributed by atoms with Crippen LogP contribution in [-0.2, 0) is 17.3 Å². The SMILES string of the molecule is C=CCCC1CCC(COc2ccc(-c3ccc(CCCCC)cc3)c(F)c2C(F)(F)F)OC1. The van der Waals surface area contributed by atoms with Gasteiger partial charge >= 0.3 is 6.18 Å². The molecule has 1 saturated heterocycles. The summed E-state index contributed by atoms with van der Waals surface area (Å²) in [6, 6.07) is 9.64. The van der Waals surface area contributed by atoms with Crippen molar-refractivity contribution >= 4 is 0 Å². The summed E-state index contributed by atoms with van der Waals surface area (Å²) in [5.41, 5.74) is 0.0539. The number of hydrogen-bond donors (Lipinski definition) is 0. The van der Waals surface area contributed by atoms with E-state index < -0.39 is 23.3 Å². The smallest absolute Gasteiger partial charge is 0.422 e. The molecule has 1 aliphatic rings. The Hall–Kier alpha value is -2.34. The Labute approximate surface area is 200 Å². The first-order valence-electron chi connectivity index (χ1n) is 12.2. The molecule has 186 valence electrons. The van der Waals surface area contributed by atoms with E-state index in [1.54, 1.807) is 12.1 Å². The van der Waals surface area contributed by atoms with Crippen LogP contribution < -0.4 is 4.74 Å². The molecule has 0 spiro atoms. The summed E-state index contributed by atoms with van der Waals surface area (Å²) in [4.78, 5) is 0. The van der Waals surface area contributed by atoms with Gasteiger partial charge in [-0.2, -0.15) is 13.2 Å². The minimum absolute atomic E-state index is 0.0392. The molecule has 3 rings (SSSR count). The first kappa shape index (κ1) is 26.3. The van der Waals surface area contributed by atoms with Gasteiger partial charge in [0.25, 0.3) is 0 Å². The number of alkyl halides is 3. The molecule has 0 amide bonds. The van der Waals surface area contributed by atoms with Crippen molar-refractivity contribution in [3.63, 3.8) is 0 Å². The Kier molecular flexibility index (Phi) is 9.57. The van der Waals surface area contributed by atoms with E-state index in [2.05, 4.69) is 13.5 Å². The molecule has 2 atom stereocenters. The second kappa shape index (κ2) is 12.4. The van der Waals surface area contributed by atoms with Crippen molar-refractivity contribution in [2.45, 2.75) is 70.6 Å². The van der Waals surface area contributed by atoms with Crippen molar-refractivity contribution in [1.82, 2.24) is 0 Å². The minimum Gasteiger partial charge on any atom is -0.490 e. The van der Waals surface area contributed by atoms with Crippen molar-refractivity contribution < 1.29 is 27.0 Å². The highest BCUT2D eigenvalue weighted by atomic mass is 19.4. The third-order valence-corrected chi connectivity index (χ3v) is 6.39. The van der Waals surface area contributed by atoms with E-state index in [0.717, 1.165) is 50.5 Å². The van der Waals surface area contributed by atoms with Crippen LogP contribution in [0.15, 0.2) is 49.1 Å². The monoisotopic (exact) mass is 478 g/mol. The highest BCUT2D eigenvalue weighted by Gasteiger charge is 2.39. The summed E-state index contributed by atoms with van der Waals surface area (Å²) in [6.07, 6.45) is 4.40. The van der Waals surface area contributed by atoms with E-state index >= 15 is 4.39 Å². The Morgan fingerprint density at radius 2 is 1.85 bits per heavy atom. The molecule has 6 heteroatoms. The molecule has 0 radical (unpaired) electrons. The van der Waals surface area contributed by atoms with E-state index in [-0.39, 0.29) is 18.3 Å².